The van der Waals surface area contributed by atoms with Crippen LogP contribution in [-0.2, 0) is 4.74 Å². The molecule has 0 spiro atoms. The van der Waals surface area contributed by atoms with E-state index in [9.17, 15) is 0 Å². The number of piperazine rings is 1. The summed E-state index contributed by atoms with van der Waals surface area (Å²) < 4.78 is 5.54. The molecule has 0 aliphatic carbocycles. The minimum absolute atomic E-state index is 0.167. The predicted octanol–water partition coefficient (Wildman–Crippen LogP) is 0.130. The molecule has 0 aromatic heterocycles. The molecule has 3 aliphatic heterocycles. The monoisotopic (exact) mass is 239 g/mol. The Hall–Kier alpha value is -0.160. The first-order chi connectivity index (χ1) is 8.17. The van der Waals surface area contributed by atoms with Gasteiger partial charge < -0.3 is 10.5 Å². The van der Waals surface area contributed by atoms with Crippen molar-refractivity contribution >= 4 is 0 Å². The third kappa shape index (κ3) is 2.24. The van der Waals surface area contributed by atoms with Crippen LogP contribution in [0.3, 0.4) is 0 Å². The third-order valence-corrected chi connectivity index (χ3v) is 4.88. The second-order valence-corrected chi connectivity index (χ2v) is 6.34. The number of nitrogens with zero attached hydrogens (tertiary/aromatic N) is 2. The van der Waals surface area contributed by atoms with Crippen LogP contribution < -0.4 is 5.73 Å². The van der Waals surface area contributed by atoms with E-state index in [1.807, 2.05) is 0 Å². The number of fused-ring (bicyclic) bond motifs is 1. The first-order valence-electron chi connectivity index (χ1n) is 6.97. The molecule has 4 heteroatoms. The van der Waals surface area contributed by atoms with Gasteiger partial charge in [-0.2, -0.15) is 0 Å². The summed E-state index contributed by atoms with van der Waals surface area (Å²) in [6.45, 7) is 9.97. The lowest BCUT2D eigenvalue weighted by Gasteiger charge is -2.41. The quantitative estimate of drug-likeness (QED) is 0.744. The van der Waals surface area contributed by atoms with E-state index >= 15 is 0 Å². The van der Waals surface area contributed by atoms with Gasteiger partial charge in [0, 0.05) is 43.7 Å². The summed E-state index contributed by atoms with van der Waals surface area (Å²) in [5, 5.41) is 0. The molecule has 4 nitrogen and oxygen atoms in total. The van der Waals surface area contributed by atoms with Crippen molar-refractivity contribution in [3.05, 3.63) is 0 Å². The van der Waals surface area contributed by atoms with Crippen molar-refractivity contribution in [1.29, 1.82) is 0 Å². The van der Waals surface area contributed by atoms with E-state index in [1.54, 1.807) is 0 Å². The van der Waals surface area contributed by atoms with Crippen molar-refractivity contribution in [1.82, 2.24) is 9.80 Å². The average molecular weight is 239 g/mol. The highest BCUT2D eigenvalue weighted by atomic mass is 16.5. The Morgan fingerprint density at radius 1 is 1.35 bits per heavy atom. The van der Waals surface area contributed by atoms with E-state index in [0.717, 1.165) is 25.8 Å². The SMILES string of the molecule is CC1(CN2CCN3CCCC3C2)COCC1N. The maximum Gasteiger partial charge on any atom is 0.0624 e. The fourth-order valence-electron chi connectivity index (χ4n) is 3.60. The van der Waals surface area contributed by atoms with Gasteiger partial charge >= 0.3 is 0 Å². The molecule has 2 N–H and O–H groups in total. The highest BCUT2D eigenvalue weighted by molar-refractivity contribution is 4.95. The Balaban J connectivity index is 1.58. The van der Waals surface area contributed by atoms with Crippen LogP contribution in [0.2, 0.25) is 0 Å². The lowest BCUT2D eigenvalue weighted by atomic mass is 9.85. The van der Waals surface area contributed by atoms with Gasteiger partial charge in [0.05, 0.1) is 13.2 Å². The van der Waals surface area contributed by atoms with E-state index < -0.39 is 0 Å². The van der Waals surface area contributed by atoms with E-state index in [0.29, 0.717) is 0 Å². The molecule has 3 rings (SSSR count). The van der Waals surface area contributed by atoms with E-state index in [4.69, 9.17) is 10.5 Å². The maximum atomic E-state index is 6.18. The van der Waals surface area contributed by atoms with Crippen molar-refractivity contribution < 1.29 is 4.74 Å². The van der Waals surface area contributed by atoms with E-state index in [-0.39, 0.29) is 11.5 Å². The summed E-state index contributed by atoms with van der Waals surface area (Å²) in [6, 6.07) is 1.02. The fourth-order valence-corrected chi connectivity index (χ4v) is 3.60. The first kappa shape index (κ1) is 11.9. The van der Waals surface area contributed by atoms with Crippen molar-refractivity contribution in [2.75, 3.05) is 45.9 Å². The van der Waals surface area contributed by atoms with Crippen molar-refractivity contribution in [3.8, 4) is 0 Å². The van der Waals surface area contributed by atoms with Crippen LogP contribution >= 0.6 is 0 Å². The van der Waals surface area contributed by atoms with Crippen molar-refractivity contribution in [2.24, 2.45) is 11.1 Å². The smallest absolute Gasteiger partial charge is 0.0624 e. The summed E-state index contributed by atoms with van der Waals surface area (Å²) in [4.78, 5) is 5.27. The van der Waals surface area contributed by atoms with Crippen LogP contribution in [0.15, 0.2) is 0 Å². The number of rotatable bonds is 2. The standard InChI is InChI=1S/C13H25N3O/c1-13(10-17-8-12(13)14)9-15-5-6-16-4-2-3-11(16)7-15/h11-12H,2-10,14H2,1H3. The maximum absolute atomic E-state index is 6.18. The van der Waals surface area contributed by atoms with Crippen molar-refractivity contribution in [3.63, 3.8) is 0 Å². The van der Waals surface area contributed by atoms with Gasteiger partial charge in [-0.25, -0.2) is 0 Å². The highest BCUT2D eigenvalue weighted by Gasteiger charge is 2.40. The number of hydrogen-bond donors (Lipinski definition) is 1. The number of nitrogens with two attached hydrogens (primary N) is 1. The fraction of sp³-hybridized carbons (Fsp3) is 1.00. The molecule has 0 aromatic carbocycles. The minimum Gasteiger partial charge on any atom is -0.379 e. The van der Waals surface area contributed by atoms with Gasteiger partial charge in [-0.15, -0.1) is 0 Å². The molecule has 17 heavy (non-hydrogen) atoms. The molecule has 0 bridgehead atoms. The Morgan fingerprint density at radius 2 is 2.24 bits per heavy atom. The van der Waals surface area contributed by atoms with Gasteiger partial charge in [0.2, 0.25) is 0 Å². The molecule has 98 valence electrons. The number of hydrogen-bond acceptors (Lipinski definition) is 4. The second-order valence-electron chi connectivity index (χ2n) is 6.34. The zero-order valence-corrected chi connectivity index (χ0v) is 10.9. The topological polar surface area (TPSA) is 41.7 Å². The Labute approximate surface area is 104 Å². The molecular weight excluding hydrogens is 214 g/mol. The molecule has 0 radical (unpaired) electrons. The molecule has 3 atom stereocenters. The summed E-state index contributed by atoms with van der Waals surface area (Å²) in [7, 11) is 0. The summed E-state index contributed by atoms with van der Waals surface area (Å²) in [5.74, 6) is 0. The van der Waals surface area contributed by atoms with E-state index in [2.05, 4.69) is 16.7 Å². The summed E-state index contributed by atoms with van der Waals surface area (Å²) in [6.07, 6.45) is 2.77. The Bertz CT molecular complexity index is 286. The summed E-state index contributed by atoms with van der Waals surface area (Å²) >= 11 is 0. The largest absolute Gasteiger partial charge is 0.379 e. The minimum atomic E-state index is 0.167. The molecule has 3 aliphatic rings. The van der Waals surface area contributed by atoms with Crippen LogP contribution in [-0.4, -0.2) is 67.8 Å². The van der Waals surface area contributed by atoms with Crippen LogP contribution in [0.1, 0.15) is 19.8 Å². The van der Waals surface area contributed by atoms with Gasteiger partial charge in [0.1, 0.15) is 0 Å². The molecule has 3 fully saturated rings. The third-order valence-electron chi connectivity index (χ3n) is 4.88. The van der Waals surface area contributed by atoms with Crippen LogP contribution in [0.5, 0.6) is 0 Å². The average Bonchev–Trinajstić information content (AvgIpc) is 2.87. The van der Waals surface area contributed by atoms with Gasteiger partial charge in [-0.1, -0.05) is 6.92 Å². The molecule has 3 heterocycles. The van der Waals surface area contributed by atoms with Gasteiger partial charge in [-0.3, -0.25) is 9.80 Å². The normalized spacial score (nSPS) is 44.1. The first-order valence-corrected chi connectivity index (χ1v) is 6.97. The second kappa shape index (κ2) is 4.50. The molecule has 3 saturated heterocycles. The zero-order valence-electron chi connectivity index (χ0n) is 10.9. The lowest BCUT2D eigenvalue weighted by molar-refractivity contribution is 0.0596. The van der Waals surface area contributed by atoms with E-state index in [1.165, 1.54) is 39.0 Å². The van der Waals surface area contributed by atoms with Gasteiger partial charge in [0.25, 0.3) is 0 Å². The molecule has 0 aromatic rings. The molecule has 0 saturated carbocycles. The molecule has 3 unspecified atom stereocenters. The van der Waals surface area contributed by atoms with Crippen LogP contribution in [0.25, 0.3) is 0 Å². The van der Waals surface area contributed by atoms with Gasteiger partial charge in [-0.05, 0) is 19.4 Å². The molecular formula is C13H25N3O. The lowest BCUT2D eigenvalue weighted by Crippen LogP contribution is -2.55. The molecule has 0 amide bonds. The zero-order chi connectivity index (χ0) is 11.9. The summed E-state index contributed by atoms with van der Waals surface area (Å²) in [5.41, 5.74) is 6.34. The van der Waals surface area contributed by atoms with Crippen molar-refractivity contribution in [2.45, 2.75) is 31.8 Å². The van der Waals surface area contributed by atoms with Crippen LogP contribution in [0.4, 0.5) is 0 Å². The van der Waals surface area contributed by atoms with Gasteiger partial charge in [0.15, 0.2) is 0 Å². The van der Waals surface area contributed by atoms with Crippen LogP contribution in [0, 0.1) is 5.41 Å². The Morgan fingerprint density at radius 3 is 3.00 bits per heavy atom. The Kier molecular flexibility index (Phi) is 3.15. The number of ether oxygens (including phenoxy) is 1. The highest BCUT2D eigenvalue weighted by Crippen LogP contribution is 2.30. The predicted molar refractivity (Wildman–Crippen MR) is 67.9 cm³/mol.